The van der Waals surface area contributed by atoms with Crippen LogP contribution in [0.15, 0.2) is 12.1 Å². The van der Waals surface area contributed by atoms with E-state index in [-0.39, 0.29) is 0 Å². The summed E-state index contributed by atoms with van der Waals surface area (Å²) in [5.74, 6) is 1.08. The second kappa shape index (κ2) is 5.53. The molecule has 3 rings (SSSR count). The maximum absolute atomic E-state index is 6.27. The number of hydrogen-bond donors (Lipinski definition) is 1. The van der Waals surface area contributed by atoms with Crippen LogP contribution in [0.25, 0.3) is 0 Å². The van der Waals surface area contributed by atoms with Crippen molar-refractivity contribution in [3.8, 4) is 0 Å². The number of hydrogen-bond acceptors (Lipinski definition) is 3. The molecule has 0 aromatic carbocycles. The number of halogens is 1. The van der Waals surface area contributed by atoms with E-state index >= 15 is 0 Å². The zero-order valence-corrected chi connectivity index (χ0v) is 13.2. The van der Waals surface area contributed by atoms with Crippen molar-refractivity contribution in [2.45, 2.75) is 52.1 Å². The highest BCUT2D eigenvalue weighted by Gasteiger charge is 2.27. The molecule has 1 aliphatic carbocycles. The fourth-order valence-electron chi connectivity index (χ4n) is 2.92. The van der Waals surface area contributed by atoms with Crippen molar-refractivity contribution in [2.24, 2.45) is 5.41 Å². The number of aromatic nitrogens is 1. The minimum Gasteiger partial charge on any atom is -0.356 e. The molecular formula is C16H24ClN3. The van der Waals surface area contributed by atoms with Crippen LogP contribution in [0.4, 0.5) is 5.82 Å². The Hall–Kier alpha value is -0.800. The lowest BCUT2D eigenvalue weighted by Gasteiger charge is -2.38. The van der Waals surface area contributed by atoms with E-state index in [1.54, 1.807) is 0 Å². The van der Waals surface area contributed by atoms with Crippen LogP contribution >= 0.6 is 11.6 Å². The van der Waals surface area contributed by atoms with Gasteiger partial charge in [0.15, 0.2) is 0 Å². The van der Waals surface area contributed by atoms with Crippen molar-refractivity contribution in [3.05, 3.63) is 22.8 Å². The van der Waals surface area contributed by atoms with Gasteiger partial charge in [0, 0.05) is 25.7 Å². The third kappa shape index (κ3) is 3.44. The summed E-state index contributed by atoms with van der Waals surface area (Å²) in [5.41, 5.74) is 1.37. The molecule has 1 N–H and O–H groups in total. The van der Waals surface area contributed by atoms with Gasteiger partial charge in [0.2, 0.25) is 0 Å². The van der Waals surface area contributed by atoms with Crippen molar-refractivity contribution >= 4 is 17.4 Å². The molecule has 0 amide bonds. The van der Waals surface area contributed by atoms with Crippen LogP contribution in [0.5, 0.6) is 0 Å². The van der Waals surface area contributed by atoms with Gasteiger partial charge < -0.3 is 10.2 Å². The van der Waals surface area contributed by atoms with Crippen molar-refractivity contribution < 1.29 is 0 Å². The summed E-state index contributed by atoms with van der Waals surface area (Å²) < 4.78 is 0. The highest BCUT2D eigenvalue weighted by molar-refractivity contribution is 6.31. The van der Waals surface area contributed by atoms with E-state index in [1.165, 1.54) is 25.7 Å². The summed E-state index contributed by atoms with van der Waals surface area (Å²) in [6.45, 7) is 7.65. The van der Waals surface area contributed by atoms with Crippen LogP contribution in [-0.2, 0) is 6.54 Å². The van der Waals surface area contributed by atoms with Gasteiger partial charge in [-0.2, -0.15) is 0 Å². The minimum atomic E-state index is 0.381. The Morgan fingerprint density at radius 1 is 1.40 bits per heavy atom. The zero-order valence-electron chi connectivity index (χ0n) is 12.5. The minimum absolute atomic E-state index is 0.381. The van der Waals surface area contributed by atoms with E-state index in [4.69, 9.17) is 16.6 Å². The molecule has 1 aromatic heterocycles. The van der Waals surface area contributed by atoms with Gasteiger partial charge in [-0.15, -0.1) is 0 Å². The second-order valence-corrected chi connectivity index (χ2v) is 7.35. The van der Waals surface area contributed by atoms with E-state index < -0.39 is 0 Å². The Balaban J connectivity index is 1.73. The van der Waals surface area contributed by atoms with E-state index in [9.17, 15) is 0 Å². The molecule has 2 aliphatic rings. The summed E-state index contributed by atoms with van der Waals surface area (Å²) in [6.07, 6.45) is 5.12. The summed E-state index contributed by atoms with van der Waals surface area (Å²) in [6, 6.07) is 4.74. The number of pyridine rings is 1. The molecule has 0 bridgehead atoms. The number of rotatable bonds is 4. The maximum Gasteiger partial charge on any atom is 0.128 e. The quantitative estimate of drug-likeness (QED) is 0.919. The molecule has 110 valence electrons. The Morgan fingerprint density at radius 2 is 2.20 bits per heavy atom. The van der Waals surface area contributed by atoms with Crippen molar-refractivity contribution in [1.29, 1.82) is 0 Å². The molecule has 1 saturated carbocycles. The summed E-state index contributed by atoms with van der Waals surface area (Å²) in [7, 11) is 0. The SMILES string of the molecule is CC1(C)CCCN(c2ccc(Cl)c(CNC3CC3)n2)C1. The van der Waals surface area contributed by atoms with E-state index in [1.807, 2.05) is 6.07 Å². The second-order valence-electron chi connectivity index (χ2n) is 6.94. The average Bonchev–Trinajstić information content (AvgIpc) is 3.20. The Bertz CT molecular complexity index is 483. The lowest BCUT2D eigenvalue weighted by atomic mass is 9.84. The first kappa shape index (κ1) is 14.2. The van der Waals surface area contributed by atoms with Gasteiger partial charge in [-0.25, -0.2) is 4.98 Å². The zero-order chi connectivity index (χ0) is 14.2. The standard InChI is InChI=1S/C16H24ClN3/c1-16(2)8-3-9-20(11-16)15-7-6-13(17)14(19-15)10-18-12-4-5-12/h6-7,12,18H,3-5,8-11H2,1-2H3. The molecule has 1 saturated heterocycles. The molecule has 2 fully saturated rings. The Morgan fingerprint density at radius 3 is 2.90 bits per heavy atom. The molecule has 20 heavy (non-hydrogen) atoms. The first-order chi connectivity index (χ1) is 9.53. The number of nitrogens with zero attached hydrogens (tertiary/aromatic N) is 2. The van der Waals surface area contributed by atoms with Gasteiger partial charge in [0.25, 0.3) is 0 Å². The third-order valence-corrected chi connectivity index (χ3v) is 4.61. The highest BCUT2D eigenvalue weighted by atomic mass is 35.5. The van der Waals surface area contributed by atoms with Crippen LogP contribution < -0.4 is 10.2 Å². The predicted octanol–water partition coefficient (Wildman–Crippen LogP) is 3.61. The monoisotopic (exact) mass is 293 g/mol. The number of anilines is 1. The smallest absolute Gasteiger partial charge is 0.128 e. The molecular weight excluding hydrogens is 270 g/mol. The van der Waals surface area contributed by atoms with Crippen LogP contribution in [-0.4, -0.2) is 24.1 Å². The van der Waals surface area contributed by atoms with Gasteiger partial charge in [-0.3, -0.25) is 0 Å². The van der Waals surface area contributed by atoms with Crippen LogP contribution in [0, 0.1) is 5.41 Å². The largest absolute Gasteiger partial charge is 0.356 e. The fraction of sp³-hybridized carbons (Fsp3) is 0.688. The molecule has 0 atom stereocenters. The Labute approximate surface area is 126 Å². The first-order valence-electron chi connectivity index (χ1n) is 7.67. The van der Waals surface area contributed by atoms with Gasteiger partial charge in [0.1, 0.15) is 5.82 Å². The van der Waals surface area contributed by atoms with Gasteiger partial charge >= 0.3 is 0 Å². The van der Waals surface area contributed by atoms with Crippen molar-refractivity contribution in [1.82, 2.24) is 10.3 Å². The van der Waals surface area contributed by atoms with Gasteiger partial charge in [-0.05, 0) is 43.2 Å². The third-order valence-electron chi connectivity index (χ3n) is 4.26. The molecule has 2 heterocycles. The molecule has 0 spiro atoms. The average molecular weight is 294 g/mol. The summed E-state index contributed by atoms with van der Waals surface area (Å²) in [5, 5.41) is 4.27. The maximum atomic E-state index is 6.27. The lowest BCUT2D eigenvalue weighted by molar-refractivity contribution is 0.292. The van der Waals surface area contributed by atoms with Crippen molar-refractivity contribution in [2.75, 3.05) is 18.0 Å². The van der Waals surface area contributed by atoms with Crippen molar-refractivity contribution in [3.63, 3.8) is 0 Å². The molecule has 4 heteroatoms. The number of piperidine rings is 1. The molecule has 3 nitrogen and oxygen atoms in total. The molecule has 1 aromatic rings. The van der Waals surface area contributed by atoms with E-state index in [2.05, 4.69) is 30.1 Å². The predicted molar refractivity (Wildman–Crippen MR) is 84.3 cm³/mol. The summed E-state index contributed by atoms with van der Waals surface area (Å²) in [4.78, 5) is 7.20. The van der Waals surface area contributed by atoms with Crippen LogP contribution in [0.3, 0.4) is 0 Å². The van der Waals surface area contributed by atoms with Gasteiger partial charge in [-0.1, -0.05) is 25.4 Å². The lowest BCUT2D eigenvalue weighted by Crippen LogP contribution is -2.40. The molecule has 0 radical (unpaired) electrons. The van der Waals surface area contributed by atoms with Gasteiger partial charge in [0.05, 0.1) is 10.7 Å². The van der Waals surface area contributed by atoms with E-state index in [0.29, 0.717) is 11.5 Å². The number of nitrogens with one attached hydrogen (secondary N) is 1. The van der Waals surface area contributed by atoms with Crippen LogP contribution in [0.1, 0.15) is 45.2 Å². The molecule has 1 aliphatic heterocycles. The highest BCUT2D eigenvalue weighted by Crippen LogP contribution is 2.31. The van der Waals surface area contributed by atoms with Crippen LogP contribution in [0.2, 0.25) is 5.02 Å². The molecule has 0 unspecified atom stereocenters. The summed E-state index contributed by atoms with van der Waals surface area (Å²) >= 11 is 6.27. The Kier molecular flexibility index (Phi) is 3.91. The topological polar surface area (TPSA) is 28.2 Å². The van der Waals surface area contributed by atoms with E-state index in [0.717, 1.165) is 36.2 Å². The fourth-order valence-corrected chi connectivity index (χ4v) is 3.09. The normalized spacial score (nSPS) is 22.1. The first-order valence-corrected chi connectivity index (χ1v) is 8.05.